The van der Waals surface area contributed by atoms with Crippen LogP contribution in [-0.2, 0) is 0 Å². The SMILES string of the molecule is CCNC(c1cc(Cl)cnc1N)C(C)(CC)N(C)C. The van der Waals surface area contributed by atoms with E-state index in [1.165, 1.54) is 0 Å². The van der Waals surface area contributed by atoms with E-state index < -0.39 is 0 Å². The minimum atomic E-state index is -0.0590. The number of halogens is 1. The molecule has 2 unspecified atom stereocenters. The summed E-state index contributed by atoms with van der Waals surface area (Å²) in [6.45, 7) is 7.35. The summed E-state index contributed by atoms with van der Waals surface area (Å²) in [7, 11) is 4.17. The van der Waals surface area contributed by atoms with Crippen LogP contribution in [0.2, 0.25) is 5.02 Å². The Bertz CT molecular complexity index is 422. The molecule has 1 aromatic heterocycles. The van der Waals surface area contributed by atoms with Gasteiger partial charge in [-0.2, -0.15) is 0 Å². The van der Waals surface area contributed by atoms with Crippen LogP contribution in [-0.4, -0.2) is 36.1 Å². The van der Waals surface area contributed by atoms with E-state index in [1.807, 2.05) is 6.07 Å². The Morgan fingerprint density at radius 2 is 2.11 bits per heavy atom. The molecule has 5 heteroatoms. The predicted octanol–water partition coefficient (Wildman–Crippen LogP) is 2.70. The van der Waals surface area contributed by atoms with Crippen molar-refractivity contribution in [2.24, 2.45) is 0 Å². The van der Waals surface area contributed by atoms with Crippen molar-refractivity contribution in [2.45, 2.75) is 38.8 Å². The van der Waals surface area contributed by atoms with Crippen molar-refractivity contribution in [1.29, 1.82) is 0 Å². The minimum absolute atomic E-state index is 0.0590. The second-order valence-corrected chi connectivity index (χ2v) is 5.66. The van der Waals surface area contributed by atoms with Crippen molar-refractivity contribution >= 4 is 17.4 Å². The Kier molecular flexibility index (Phi) is 5.59. The number of likely N-dealkylation sites (N-methyl/N-ethyl adjacent to an activating group) is 2. The number of rotatable bonds is 6. The van der Waals surface area contributed by atoms with Gasteiger partial charge in [0.15, 0.2) is 0 Å². The molecule has 0 radical (unpaired) electrons. The van der Waals surface area contributed by atoms with Gasteiger partial charge in [0.2, 0.25) is 0 Å². The molecule has 0 saturated heterocycles. The molecule has 0 spiro atoms. The van der Waals surface area contributed by atoms with Gasteiger partial charge in [0.25, 0.3) is 0 Å². The van der Waals surface area contributed by atoms with Gasteiger partial charge in [-0.1, -0.05) is 25.4 Å². The molecule has 4 nitrogen and oxygen atoms in total. The van der Waals surface area contributed by atoms with Crippen molar-refractivity contribution in [3.63, 3.8) is 0 Å². The number of aromatic nitrogens is 1. The van der Waals surface area contributed by atoms with Crippen LogP contribution in [0.1, 0.15) is 38.8 Å². The first-order valence-corrected chi connectivity index (χ1v) is 7.06. The number of pyridine rings is 1. The molecule has 108 valence electrons. The van der Waals surface area contributed by atoms with Crippen molar-refractivity contribution < 1.29 is 0 Å². The first-order chi connectivity index (χ1) is 8.86. The fourth-order valence-electron chi connectivity index (χ4n) is 2.34. The fourth-order valence-corrected chi connectivity index (χ4v) is 2.51. The maximum absolute atomic E-state index is 6.07. The number of hydrogen-bond donors (Lipinski definition) is 2. The van der Waals surface area contributed by atoms with E-state index in [9.17, 15) is 0 Å². The third-order valence-electron chi connectivity index (χ3n) is 3.99. The van der Waals surface area contributed by atoms with Crippen LogP contribution in [0.4, 0.5) is 5.82 Å². The van der Waals surface area contributed by atoms with Gasteiger partial charge in [-0.3, -0.25) is 0 Å². The Hall–Kier alpha value is -0.840. The highest BCUT2D eigenvalue weighted by atomic mass is 35.5. The fraction of sp³-hybridized carbons (Fsp3) is 0.643. The lowest BCUT2D eigenvalue weighted by Gasteiger charge is -2.43. The van der Waals surface area contributed by atoms with Gasteiger partial charge in [0.05, 0.1) is 11.1 Å². The summed E-state index contributed by atoms with van der Waals surface area (Å²) in [6.07, 6.45) is 2.58. The number of nitrogens with two attached hydrogens (primary N) is 1. The molecular weight excluding hydrogens is 260 g/mol. The summed E-state index contributed by atoms with van der Waals surface area (Å²) in [5.74, 6) is 0.539. The molecule has 19 heavy (non-hydrogen) atoms. The molecular formula is C14H25ClN4. The van der Waals surface area contributed by atoms with Gasteiger partial charge < -0.3 is 16.0 Å². The van der Waals surface area contributed by atoms with Crippen LogP contribution < -0.4 is 11.1 Å². The molecule has 0 fully saturated rings. The highest BCUT2D eigenvalue weighted by molar-refractivity contribution is 6.30. The van der Waals surface area contributed by atoms with Crippen molar-refractivity contribution in [1.82, 2.24) is 15.2 Å². The Morgan fingerprint density at radius 1 is 1.47 bits per heavy atom. The maximum Gasteiger partial charge on any atom is 0.128 e. The van der Waals surface area contributed by atoms with Gasteiger partial charge in [0.1, 0.15) is 5.82 Å². The lowest BCUT2D eigenvalue weighted by Crippen LogP contribution is -2.51. The lowest BCUT2D eigenvalue weighted by atomic mass is 9.83. The summed E-state index contributed by atoms with van der Waals surface area (Å²) in [6, 6.07) is 2.00. The van der Waals surface area contributed by atoms with E-state index in [0.29, 0.717) is 10.8 Å². The zero-order valence-corrected chi connectivity index (χ0v) is 13.3. The number of nitrogens with zero attached hydrogens (tertiary/aromatic N) is 2. The normalized spacial score (nSPS) is 16.4. The minimum Gasteiger partial charge on any atom is -0.383 e. The van der Waals surface area contributed by atoms with E-state index in [0.717, 1.165) is 18.5 Å². The van der Waals surface area contributed by atoms with Gasteiger partial charge in [-0.25, -0.2) is 4.98 Å². The van der Waals surface area contributed by atoms with E-state index >= 15 is 0 Å². The zero-order chi connectivity index (χ0) is 14.6. The topological polar surface area (TPSA) is 54.2 Å². The molecule has 0 amide bonds. The molecule has 1 aromatic rings. The summed E-state index contributed by atoms with van der Waals surface area (Å²) < 4.78 is 0. The van der Waals surface area contributed by atoms with Crippen LogP contribution >= 0.6 is 11.6 Å². The van der Waals surface area contributed by atoms with Crippen molar-refractivity contribution in [2.75, 3.05) is 26.4 Å². The second kappa shape index (κ2) is 6.55. The summed E-state index contributed by atoms with van der Waals surface area (Å²) in [4.78, 5) is 6.40. The average molecular weight is 285 g/mol. The summed E-state index contributed by atoms with van der Waals surface area (Å²) in [5, 5.41) is 4.13. The highest BCUT2D eigenvalue weighted by Gasteiger charge is 2.36. The maximum atomic E-state index is 6.07. The molecule has 0 aromatic carbocycles. The van der Waals surface area contributed by atoms with Crippen LogP contribution in [0.5, 0.6) is 0 Å². The molecule has 3 N–H and O–H groups in total. The van der Waals surface area contributed by atoms with E-state index in [4.69, 9.17) is 17.3 Å². The Balaban J connectivity index is 3.30. The third kappa shape index (κ3) is 3.38. The molecule has 0 bridgehead atoms. The predicted molar refractivity (Wildman–Crippen MR) is 82.5 cm³/mol. The van der Waals surface area contributed by atoms with Crippen molar-refractivity contribution in [3.05, 3.63) is 22.8 Å². The summed E-state index contributed by atoms with van der Waals surface area (Å²) in [5.41, 5.74) is 6.95. The van der Waals surface area contributed by atoms with E-state index in [1.54, 1.807) is 6.20 Å². The molecule has 0 saturated carbocycles. The van der Waals surface area contributed by atoms with Crippen LogP contribution in [0.15, 0.2) is 12.3 Å². The first-order valence-electron chi connectivity index (χ1n) is 6.68. The number of anilines is 1. The Labute approximate surface area is 121 Å². The van der Waals surface area contributed by atoms with Gasteiger partial charge in [0, 0.05) is 17.3 Å². The number of nitrogens with one attached hydrogen (secondary N) is 1. The van der Waals surface area contributed by atoms with Gasteiger partial charge in [-0.05, 0) is 40.1 Å². The van der Waals surface area contributed by atoms with Gasteiger partial charge in [-0.15, -0.1) is 0 Å². The van der Waals surface area contributed by atoms with E-state index in [2.05, 4.69) is 50.1 Å². The van der Waals surface area contributed by atoms with Crippen LogP contribution in [0.3, 0.4) is 0 Å². The summed E-state index contributed by atoms with van der Waals surface area (Å²) >= 11 is 6.07. The van der Waals surface area contributed by atoms with E-state index in [-0.39, 0.29) is 11.6 Å². The number of hydrogen-bond acceptors (Lipinski definition) is 4. The van der Waals surface area contributed by atoms with Crippen molar-refractivity contribution in [3.8, 4) is 0 Å². The second-order valence-electron chi connectivity index (χ2n) is 5.22. The Morgan fingerprint density at radius 3 is 2.58 bits per heavy atom. The standard InChI is InChI=1S/C14H25ClN4/c1-6-14(3,19(4)5)12(17-7-2)11-8-10(15)9-18-13(11)16/h8-9,12,17H,6-7H2,1-5H3,(H2,16,18). The lowest BCUT2D eigenvalue weighted by molar-refractivity contribution is 0.114. The monoisotopic (exact) mass is 284 g/mol. The molecule has 0 aliphatic rings. The van der Waals surface area contributed by atoms with Crippen LogP contribution in [0, 0.1) is 0 Å². The average Bonchev–Trinajstić information content (AvgIpc) is 2.38. The molecule has 1 heterocycles. The molecule has 1 rings (SSSR count). The highest BCUT2D eigenvalue weighted by Crippen LogP contribution is 2.35. The first kappa shape index (κ1) is 16.2. The molecule has 2 atom stereocenters. The van der Waals surface area contributed by atoms with Crippen LogP contribution in [0.25, 0.3) is 0 Å². The number of nitrogen functional groups attached to an aromatic ring is 1. The third-order valence-corrected chi connectivity index (χ3v) is 4.20. The molecule has 0 aliphatic carbocycles. The largest absolute Gasteiger partial charge is 0.383 e. The molecule has 0 aliphatic heterocycles. The van der Waals surface area contributed by atoms with Gasteiger partial charge >= 0.3 is 0 Å². The zero-order valence-electron chi connectivity index (χ0n) is 12.5. The quantitative estimate of drug-likeness (QED) is 0.843. The smallest absolute Gasteiger partial charge is 0.128 e.